The number of dihydropyridines is 1. The van der Waals surface area contributed by atoms with E-state index in [0.717, 1.165) is 6.42 Å². The minimum atomic E-state index is 0. The van der Waals surface area contributed by atoms with Crippen molar-refractivity contribution < 1.29 is 1.43 Å². The minimum Gasteiger partial charge on any atom is -0.368 e. The first kappa shape index (κ1) is 3.47. The molecule has 0 bridgehead atoms. The highest BCUT2D eigenvalue weighted by Crippen LogP contribution is 1.86. The molecule has 0 spiro atoms. The summed E-state index contributed by atoms with van der Waals surface area (Å²) in [7, 11) is 0. The molecule has 0 aromatic rings. The Labute approximate surface area is 38.8 Å². The zero-order chi connectivity index (χ0) is 4.24. The zero-order valence-corrected chi connectivity index (χ0v) is 3.52. The van der Waals surface area contributed by atoms with Gasteiger partial charge in [-0.15, -0.1) is 0 Å². The SMILES string of the molecule is C1=CNC=CC1.[HH]. The first-order valence-corrected chi connectivity index (χ1v) is 2.06. The van der Waals surface area contributed by atoms with Gasteiger partial charge in [0.15, 0.2) is 0 Å². The topological polar surface area (TPSA) is 12.0 Å². The van der Waals surface area contributed by atoms with Crippen molar-refractivity contribution in [3.63, 3.8) is 0 Å². The molecule has 1 aliphatic heterocycles. The van der Waals surface area contributed by atoms with E-state index in [0.29, 0.717) is 0 Å². The molecule has 0 atom stereocenters. The van der Waals surface area contributed by atoms with Crippen molar-refractivity contribution in [2.75, 3.05) is 0 Å². The number of rotatable bonds is 0. The predicted molar refractivity (Wildman–Crippen MR) is 28.1 cm³/mol. The molecule has 1 nitrogen and oxygen atoms in total. The van der Waals surface area contributed by atoms with E-state index in [-0.39, 0.29) is 1.43 Å². The van der Waals surface area contributed by atoms with Crippen LogP contribution in [0.2, 0.25) is 0 Å². The average molecular weight is 83.1 g/mol. The Balaban J connectivity index is 0.000000360. The van der Waals surface area contributed by atoms with Gasteiger partial charge in [-0.25, -0.2) is 0 Å². The fraction of sp³-hybridized carbons (Fsp3) is 0.200. The maximum atomic E-state index is 2.92. The van der Waals surface area contributed by atoms with Crippen LogP contribution in [0.4, 0.5) is 0 Å². The molecule has 0 aromatic carbocycles. The highest BCUT2D eigenvalue weighted by molar-refractivity contribution is 4.98. The summed E-state index contributed by atoms with van der Waals surface area (Å²) in [6.45, 7) is 0. The third kappa shape index (κ3) is 0.612. The molecule has 1 N–H and O–H groups in total. The fourth-order valence-electron chi connectivity index (χ4n) is 0.406. The Morgan fingerprint density at radius 3 is 2.17 bits per heavy atom. The van der Waals surface area contributed by atoms with Crippen LogP contribution < -0.4 is 5.32 Å². The van der Waals surface area contributed by atoms with E-state index in [1.807, 2.05) is 12.4 Å². The van der Waals surface area contributed by atoms with Crippen molar-refractivity contribution in [3.8, 4) is 0 Å². The molecular formula is C5H9N. The molecule has 0 saturated heterocycles. The molecule has 1 aliphatic rings. The third-order valence-electron chi connectivity index (χ3n) is 0.700. The molecule has 1 rings (SSSR count). The molecule has 0 fully saturated rings. The van der Waals surface area contributed by atoms with Crippen LogP contribution in [0.25, 0.3) is 0 Å². The number of hydrogen-bond acceptors (Lipinski definition) is 1. The van der Waals surface area contributed by atoms with Gasteiger partial charge in [-0.05, 0) is 18.8 Å². The van der Waals surface area contributed by atoms with E-state index in [1.54, 1.807) is 0 Å². The predicted octanol–water partition coefficient (Wildman–Crippen LogP) is 1.25. The van der Waals surface area contributed by atoms with E-state index in [1.165, 1.54) is 0 Å². The third-order valence-corrected chi connectivity index (χ3v) is 0.700. The summed E-state index contributed by atoms with van der Waals surface area (Å²) < 4.78 is 0. The van der Waals surface area contributed by atoms with Crippen LogP contribution in [0, 0.1) is 0 Å². The molecule has 34 valence electrons. The Morgan fingerprint density at radius 1 is 1.33 bits per heavy atom. The largest absolute Gasteiger partial charge is 0.368 e. The monoisotopic (exact) mass is 83.1 g/mol. The van der Waals surface area contributed by atoms with Crippen LogP contribution in [0.15, 0.2) is 24.6 Å². The lowest BCUT2D eigenvalue weighted by Gasteiger charge is -1.92. The molecule has 1 heterocycles. The van der Waals surface area contributed by atoms with Crippen molar-refractivity contribution in [1.29, 1.82) is 0 Å². The van der Waals surface area contributed by atoms with Crippen LogP contribution in [0.5, 0.6) is 0 Å². The quantitative estimate of drug-likeness (QED) is 0.464. The minimum absolute atomic E-state index is 0. The van der Waals surface area contributed by atoms with E-state index >= 15 is 0 Å². The van der Waals surface area contributed by atoms with Crippen molar-refractivity contribution >= 4 is 0 Å². The highest BCUT2D eigenvalue weighted by atomic mass is 14.8. The number of allylic oxidation sites excluding steroid dienone is 2. The van der Waals surface area contributed by atoms with Crippen molar-refractivity contribution in [2.24, 2.45) is 0 Å². The first-order valence-electron chi connectivity index (χ1n) is 2.06. The molecule has 0 saturated carbocycles. The smallest absolute Gasteiger partial charge is 0 e. The summed E-state index contributed by atoms with van der Waals surface area (Å²) in [5.74, 6) is 0. The van der Waals surface area contributed by atoms with Crippen molar-refractivity contribution in [2.45, 2.75) is 6.42 Å². The Kier molecular flexibility index (Phi) is 0.955. The van der Waals surface area contributed by atoms with Gasteiger partial charge in [0.1, 0.15) is 0 Å². The summed E-state index contributed by atoms with van der Waals surface area (Å²) in [6.07, 6.45) is 9.08. The van der Waals surface area contributed by atoms with Crippen LogP contribution in [-0.4, -0.2) is 0 Å². The summed E-state index contributed by atoms with van der Waals surface area (Å²) in [5.41, 5.74) is 0. The van der Waals surface area contributed by atoms with Crippen molar-refractivity contribution in [1.82, 2.24) is 5.32 Å². The lowest BCUT2D eigenvalue weighted by molar-refractivity contribution is 1.11. The molecule has 0 aliphatic carbocycles. The Hall–Kier alpha value is -0.720. The summed E-state index contributed by atoms with van der Waals surface area (Å²) in [4.78, 5) is 0. The fourth-order valence-corrected chi connectivity index (χ4v) is 0.406. The van der Waals surface area contributed by atoms with Gasteiger partial charge in [0, 0.05) is 1.43 Å². The summed E-state index contributed by atoms with van der Waals surface area (Å²) >= 11 is 0. The van der Waals surface area contributed by atoms with Crippen LogP contribution >= 0.6 is 0 Å². The Morgan fingerprint density at radius 2 is 2.00 bits per heavy atom. The molecule has 6 heavy (non-hydrogen) atoms. The van der Waals surface area contributed by atoms with Gasteiger partial charge >= 0.3 is 0 Å². The Bertz CT molecular complexity index is 66.1. The molecule has 0 radical (unpaired) electrons. The van der Waals surface area contributed by atoms with E-state index in [9.17, 15) is 0 Å². The first-order chi connectivity index (χ1) is 3.00. The second-order valence-electron chi connectivity index (χ2n) is 1.21. The van der Waals surface area contributed by atoms with Gasteiger partial charge in [0.05, 0.1) is 0 Å². The molecular weight excluding hydrogens is 74.1 g/mol. The van der Waals surface area contributed by atoms with Crippen LogP contribution in [-0.2, 0) is 0 Å². The van der Waals surface area contributed by atoms with Gasteiger partial charge in [-0.1, -0.05) is 12.2 Å². The average Bonchev–Trinajstić information content (AvgIpc) is 1.72. The second-order valence-corrected chi connectivity index (χ2v) is 1.21. The van der Waals surface area contributed by atoms with Gasteiger partial charge in [0.25, 0.3) is 0 Å². The second kappa shape index (κ2) is 1.65. The van der Waals surface area contributed by atoms with E-state index < -0.39 is 0 Å². The van der Waals surface area contributed by atoms with Gasteiger partial charge < -0.3 is 5.32 Å². The summed E-state index contributed by atoms with van der Waals surface area (Å²) in [6, 6.07) is 0. The maximum Gasteiger partial charge on any atom is 0 e. The zero-order valence-electron chi connectivity index (χ0n) is 3.52. The van der Waals surface area contributed by atoms with Gasteiger partial charge in [0.2, 0.25) is 0 Å². The highest BCUT2D eigenvalue weighted by Gasteiger charge is 1.73. The lowest BCUT2D eigenvalue weighted by Crippen LogP contribution is -1.93. The van der Waals surface area contributed by atoms with Crippen LogP contribution in [0.3, 0.4) is 0 Å². The molecule has 0 unspecified atom stereocenters. The maximum absolute atomic E-state index is 2.92. The van der Waals surface area contributed by atoms with Gasteiger partial charge in [-0.2, -0.15) is 0 Å². The molecule has 1 heteroatoms. The van der Waals surface area contributed by atoms with Gasteiger partial charge in [-0.3, -0.25) is 0 Å². The number of nitrogens with one attached hydrogen (secondary N) is 1. The van der Waals surface area contributed by atoms with E-state index in [2.05, 4.69) is 17.5 Å². The lowest BCUT2D eigenvalue weighted by atomic mass is 10.4. The van der Waals surface area contributed by atoms with Crippen LogP contribution in [0.1, 0.15) is 7.85 Å². The summed E-state index contributed by atoms with van der Waals surface area (Å²) in [5, 5.41) is 2.92. The van der Waals surface area contributed by atoms with Crippen molar-refractivity contribution in [3.05, 3.63) is 24.6 Å². The molecule has 0 amide bonds. The van der Waals surface area contributed by atoms with E-state index in [4.69, 9.17) is 0 Å². The standard InChI is InChI=1S/C5H7N.H2/c1-2-4-6-5-3-1;/h2-6H,1H2;1H. The molecule has 0 aromatic heterocycles. The number of hydrogen-bond donors (Lipinski definition) is 1. The normalized spacial score (nSPS) is 17.3.